The molecule has 1 aliphatic heterocycles. The van der Waals surface area contributed by atoms with Crippen molar-refractivity contribution in [1.82, 2.24) is 0 Å². The quantitative estimate of drug-likeness (QED) is 0.848. The molecule has 1 saturated carbocycles. The van der Waals surface area contributed by atoms with Gasteiger partial charge in [0, 0.05) is 0 Å². The molecule has 2 N–H and O–H groups in total. The van der Waals surface area contributed by atoms with Crippen LogP contribution in [0.25, 0.3) is 0 Å². The molecule has 3 rings (SSSR count). The summed E-state index contributed by atoms with van der Waals surface area (Å²) in [7, 11) is 0. The fourth-order valence-electron chi connectivity index (χ4n) is 2.65. The summed E-state index contributed by atoms with van der Waals surface area (Å²) in [5.74, 6) is 3.31. The highest BCUT2D eigenvalue weighted by atomic mass is 16.7. The van der Waals surface area contributed by atoms with Gasteiger partial charge in [0.2, 0.25) is 6.79 Å². The van der Waals surface area contributed by atoms with Crippen LogP contribution in [0, 0.1) is 5.92 Å². The number of rotatable bonds is 3. The third kappa shape index (κ3) is 1.65. The summed E-state index contributed by atoms with van der Waals surface area (Å²) in [6.45, 7) is 1.18. The number of ether oxygens (including phenoxy) is 2. The van der Waals surface area contributed by atoms with Crippen LogP contribution in [0.15, 0.2) is 18.2 Å². The molecule has 1 fully saturated rings. The van der Waals surface area contributed by atoms with Crippen LogP contribution < -0.4 is 15.2 Å². The van der Waals surface area contributed by atoms with Crippen molar-refractivity contribution >= 4 is 0 Å². The van der Waals surface area contributed by atoms with Crippen LogP contribution in [0.1, 0.15) is 30.7 Å². The number of nitrogens with two attached hydrogens (primary N) is 1. The van der Waals surface area contributed by atoms with Gasteiger partial charge >= 0.3 is 0 Å². The first-order valence-corrected chi connectivity index (χ1v) is 5.96. The Morgan fingerprint density at radius 2 is 2.00 bits per heavy atom. The molecule has 2 aliphatic rings. The first-order chi connectivity index (χ1) is 7.86. The monoisotopic (exact) mass is 219 g/mol. The minimum Gasteiger partial charge on any atom is -0.454 e. The van der Waals surface area contributed by atoms with Crippen LogP contribution in [0.3, 0.4) is 0 Å². The predicted molar refractivity (Wildman–Crippen MR) is 61.7 cm³/mol. The van der Waals surface area contributed by atoms with Gasteiger partial charge in [-0.25, -0.2) is 0 Å². The second-order valence-corrected chi connectivity index (χ2v) is 4.72. The summed E-state index contributed by atoms with van der Waals surface area (Å²) in [5, 5.41) is 0. The first-order valence-electron chi connectivity index (χ1n) is 5.96. The molecule has 3 heteroatoms. The van der Waals surface area contributed by atoms with E-state index in [1.54, 1.807) is 0 Å². The summed E-state index contributed by atoms with van der Waals surface area (Å²) < 4.78 is 10.7. The molecule has 0 aromatic heterocycles. The van der Waals surface area contributed by atoms with Crippen molar-refractivity contribution in [2.75, 3.05) is 13.3 Å². The number of hydrogen-bond acceptors (Lipinski definition) is 3. The van der Waals surface area contributed by atoms with Crippen LogP contribution in [-0.2, 0) is 0 Å². The minimum atomic E-state index is 0.360. The molecule has 1 heterocycles. The fourth-order valence-corrected chi connectivity index (χ4v) is 2.65. The van der Waals surface area contributed by atoms with Crippen LogP contribution >= 0.6 is 0 Å². The van der Waals surface area contributed by atoms with E-state index in [2.05, 4.69) is 12.1 Å². The lowest BCUT2D eigenvalue weighted by atomic mass is 9.70. The Bertz CT molecular complexity index is 386. The normalized spacial score (nSPS) is 26.6. The summed E-state index contributed by atoms with van der Waals surface area (Å²) in [6, 6.07) is 6.32. The van der Waals surface area contributed by atoms with Gasteiger partial charge in [0.15, 0.2) is 11.5 Å². The van der Waals surface area contributed by atoms with E-state index in [1.807, 2.05) is 6.07 Å². The Balaban J connectivity index is 1.68. The lowest BCUT2D eigenvalue weighted by Gasteiger charge is -2.35. The summed E-state index contributed by atoms with van der Waals surface area (Å²) in [5.41, 5.74) is 6.95. The first kappa shape index (κ1) is 9.97. The van der Waals surface area contributed by atoms with E-state index in [0.29, 0.717) is 12.7 Å². The summed E-state index contributed by atoms with van der Waals surface area (Å²) in [4.78, 5) is 0. The standard InChI is InChI=1S/C13H17NO2/c14-4-3-9-5-11(6-9)10-1-2-12-13(7-10)16-8-15-12/h1-2,7,9,11H,3-6,8,14H2. The van der Waals surface area contributed by atoms with E-state index in [1.165, 1.54) is 24.8 Å². The highest BCUT2D eigenvalue weighted by Gasteiger charge is 2.30. The Morgan fingerprint density at radius 3 is 2.81 bits per heavy atom. The van der Waals surface area contributed by atoms with Crippen molar-refractivity contribution in [2.24, 2.45) is 11.7 Å². The highest BCUT2D eigenvalue weighted by Crippen LogP contribution is 2.45. The maximum atomic E-state index is 5.56. The molecule has 0 amide bonds. The SMILES string of the molecule is NCCC1CC(c2ccc3c(c2)OCO3)C1. The van der Waals surface area contributed by atoms with Gasteiger partial charge in [-0.05, 0) is 55.3 Å². The van der Waals surface area contributed by atoms with E-state index < -0.39 is 0 Å². The molecular weight excluding hydrogens is 202 g/mol. The predicted octanol–water partition coefficient (Wildman–Crippen LogP) is 2.26. The minimum absolute atomic E-state index is 0.360. The number of hydrogen-bond donors (Lipinski definition) is 1. The molecule has 1 aromatic carbocycles. The molecule has 1 aliphatic carbocycles. The molecule has 0 bridgehead atoms. The van der Waals surface area contributed by atoms with Gasteiger partial charge in [-0.3, -0.25) is 0 Å². The van der Waals surface area contributed by atoms with E-state index in [9.17, 15) is 0 Å². The van der Waals surface area contributed by atoms with E-state index in [-0.39, 0.29) is 0 Å². The van der Waals surface area contributed by atoms with Crippen molar-refractivity contribution in [3.05, 3.63) is 23.8 Å². The summed E-state index contributed by atoms with van der Waals surface area (Å²) >= 11 is 0. The van der Waals surface area contributed by atoms with Crippen molar-refractivity contribution in [1.29, 1.82) is 0 Å². The van der Waals surface area contributed by atoms with Crippen LogP contribution in [0.4, 0.5) is 0 Å². The fraction of sp³-hybridized carbons (Fsp3) is 0.538. The zero-order valence-electron chi connectivity index (χ0n) is 9.32. The molecule has 86 valence electrons. The van der Waals surface area contributed by atoms with Gasteiger partial charge in [-0.15, -0.1) is 0 Å². The second-order valence-electron chi connectivity index (χ2n) is 4.72. The molecule has 0 atom stereocenters. The average molecular weight is 219 g/mol. The van der Waals surface area contributed by atoms with Gasteiger partial charge in [0.05, 0.1) is 0 Å². The van der Waals surface area contributed by atoms with E-state index in [4.69, 9.17) is 15.2 Å². The van der Waals surface area contributed by atoms with Gasteiger partial charge in [0.1, 0.15) is 0 Å². The lowest BCUT2D eigenvalue weighted by molar-refractivity contribution is 0.174. The number of fused-ring (bicyclic) bond motifs is 1. The van der Waals surface area contributed by atoms with Crippen molar-refractivity contribution in [3.8, 4) is 11.5 Å². The molecule has 0 saturated heterocycles. The Kier molecular flexibility index (Phi) is 2.48. The molecule has 16 heavy (non-hydrogen) atoms. The largest absolute Gasteiger partial charge is 0.454 e. The smallest absolute Gasteiger partial charge is 0.231 e. The zero-order valence-corrected chi connectivity index (χ0v) is 9.32. The van der Waals surface area contributed by atoms with Crippen molar-refractivity contribution < 1.29 is 9.47 Å². The highest BCUT2D eigenvalue weighted by molar-refractivity contribution is 5.45. The lowest BCUT2D eigenvalue weighted by Crippen LogP contribution is -2.24. The molecular formula is C13H17NO2. The topological polar surface area (TPSA) is 44.5 Å². The maximum absolute atomic E-state index is 5.56. The maximum Gasteiger partial charge on any atom is 0.231 e. The van der Waals surface area contributed by atoms with Gasteiger partial charge < -0.3 is 15.2 Å². The average Bonchev–Trinajstić information content (AvgIpc) is 2.69. The Hall–Kier alpha value is -1.22. The van der Waals surface area contributed by atoms with Gasteiger partial charge in [-0.2, -0.15) is 0 Å². The van der Waals surface area contributed by atoms with Crippen LogP contribution in [0.2, 0.25) is 0 Å². The molecule has 0 radical (unpaired) electrons. The molecule has 0 spiro atoms. The van der Waals surface area contributed by atoms with E-state index in [0.717, 1.165) is 24.0 Å². The second kappa shape index (κ2) is 3.98. The van der Waals surface area contributed by atoms with Gasteiger partial charge in [0.25, 0.3) is 0 Å². The Morgan fingerprint density at radius 1 is 1.19 bits per heavy atom. The third-order valence-electron chi connectivity index (χ3n) is 3.68. The number of benzene rings is 1. The third-order valence-corrected chi connectivity index (χ3v) is 3.68. The van der Waals surface area contributed by atoms with Crippen LogP contribution in [-0.4, -0.2) is 13.3 Å². The van der Waals surface area contributed by atoms with E-state index >= 15 is 0 Å². The molecule has 0 unspecified atom stereocenters. The zero-order chi connectivity index (χ0) is 11.0. The Labute approximate surface area is 95.5 Å². The molecule has 3 nitrogen and oxygen atoms in total. The summed E-state index contributed by atoms with van der Waals surface area (Å²) in [6.07, 6.45) is 3.72. The van der Waals surface area contributed by atoms with Crippen molar-refractivity contribution in [2.45, 2.75) is 25.2 Å². The van der Waals surface area contributed by atoms with Crippen LogP contribution in [0.5, 0.6) is 11.5 Å². The molecule has 1 aromatic rings. The van der Waals surface area contributed by atoms with Gasteiger partial charge in [-0.1, -0.05) is 6.07 Å². The van der Waals surface area contributed by atoms with Crippen molar-refractivity contribution in [3.63, 3.8) is 0 Å².